The summed E-state index contributed by atoms with van der Waals surface area (Å²) >= 11 is 0.928. The van der Waals surface area contributed by atoms with E-state index in [2.05, 4.69) is 4.98 Å². The maximum atomic E-state index is 11.1. The van der Waals surface area contributed by atoms with Crippen LogP contribution in [0.15, 0.2) is 17.2 Å². The summed E-state index contributed by atoms with van der Waals surface area (Å²) in [5.41, 5.74) is 11.5. The Morgan fingerprint density at radius 3 is 2.44 bits per heavy atom. The number of nitrogen functional groups attached to an aromatic ring is 1. The first-order valence-corrected chi connectivity index (χ1v) is 8.36. The Labute approximate surface area is 159 Å². The first-order chi connectivity index (χ1) is 12.9. The van der Waals surface area contributed by atoms with Crippen LogP contribution in [0.25, 0.3) is 11.1 Å². The number of thioether (sulfide) groups is 1. The van der Waals surface area contributed by atoms with Gasteiger partial charge in [-0.1, -0.05) is 11.8 Å². The molecule has 0 atom stereocenters. The predicted molar refractivity (Wildman–Crippen MR) is 98.2 cm³/mol. The smallest absolute Gasteiger partial charge is 0.227 e. The van der Waals surface area contributed by atoms with Crippen molar-refractivity contribution in [2.24, 2.45) is 5.73 Å². The molecule has 1 aromatic heterocycles. The Kier molecular flexibility index (Phi) is 5.96. The molecule has 9 nitrogen and oxygen atoms in total. The Balaban J connectivity index is 2.83. The number of aromatic hydroxyl groups is 1. The van der Waals surface area contributed by atoms with Crippen molar-refractivity contribution < 1.29 is 19.4 Å². The summed E-state index contributed by atoms with van der Waals surface area (Å²) in [4.78, 5) is 15.1. The van der Waals surface area contributed by atoms with E-state index >= 15 is 0 Å². The lowest BCUT2D eigenvalue weighted by Gasteiger charge is -2.15. The molecule has 2 aromatic rings. The summed E-state index contributed by atoms with van der Waals surface area (Å²) < 4.78 is 10.3. The van der Waals surface area contributed by atoms with Crippen LogP contribution in [-0.2, 0) is 4.79 Å². The van der Waals surface area contributed by atoms with Crippen LogP contribution in [0.3, 0.4) is 0 Å². The molecule has 10 heteroatoms. The molecule has 0 aliphatic carbocycles. The first kappa shape index (κ1) is 19.7. The zero-order chi connectivity index (χ0) is 20.1. The molecule has 1 aromatic carbocycles. The van der Waals surface area contributed by atoms with Gasteiger partial charge in [0.1, 0.15) is 28.5 Å². The highest BCUT2D eigenvalue weighted by Crippen LogP contribution is 2.43. The normalized spacial score (nSPS) is 9.93. The van der Waals surface area contributed by atoms with Gasteiger partial charge < -0.3 is 26.0 Å². The van der Waals surface area contributed by atoms with Gasteiger partial charge in [-0.3, -0.25) is 4.79 Å². The number of phenolic OH excluding ortho intramolecular Hbond substituents is 1. The van der Waals surface area contributed by atoms with Gasteiger partial charge in [0, 0.05) is 5.56 Å². The molecule has 0 radical (unpaired) electrons. The number of hydrogen-bond acceptors (Lipinski definition) is 9. The number of pyridine rings is 1. The minimum atomic E-state index is -0.598. The summed E-state index contributed by atoms with van der Waals surface area (Å²) in [5.74, 6) is -0.789. The topological polar surface area (TPSA) is 168 Å². The number of phenols is 1. The molecule has 1 heterocycles. The third-order valence-corrected chi connectivity index (χ3v) is 4.51. The van der Waals surface area contributed by atoms with Crippen molar-refractivity contribution in [2.75, 3.05) is 25.7 Å². The van der Waals surface area contributed by atoms with Crippen LogP contribution in [-0.4, -0.2) is 36.0 Å². The highest BCUT2D eigenvalue weighted by atomic mass is 32.2. The second kappa shape index (κ2) is 8.17. The van der Waals surface area contributed by atoms with Crippen molar-refractivity contribution in [3.8, 4) is 40.5 Å². The van der Waals surface area contributed by atoms with E-state index in [1.165, 1.54) is 26.4 Å². The molecular weight excluding hydrogens is 370 g/mol. The van der Waals surface area contributed by atoms with E-state index in [0.29, 0.717) is 5.56 Å². The molecular formula is C17H15N5O4S. The fourth-order valence-electron chi connectivity index (χ4n) is 2.42. The van der Waals surface area contributed by atoms with Gasteiger partial charge in [0.15, 0.2) is 11.5 Å². The molecule has 0 unspecified atom stereocenters. The number of amides is 1. The van der Waals surface area contributed by atoms with Crippen molar-refractivity contribution in [2.45, 2.75) is 5.03 Å². The van der Waals surface area contributed by atoms with E-state index in [1.807, 2.05) is 12.1 Å². The SMILES string of the molecule is COc1cc(-c2c(C#N)c(N)nc(SCC(N)=O)c2C#N)cc(O)c1OC. The lowest BCUT2D eigenvalue weighted by Crippen LogP contribution is -2.14. The second-order valence-corrected chi connectivity index (χ2v) is 6.10. The van der Waals surface area contributed by atoms with Crippen LogP contribution >= 0.6 is 11.8 Å². The van der Waals surface area contributed by atoms with E-state index in [1.54, 1.807) is 0 Å². The number of ether oxygens (including phenoxy) is 2. The third kappa shape index (κ3) is 3.81. The number of methoxy groups -OCH3 is 2. The molecule has 0 aliphatic rings. The monoisotopic (exact) mass is 385 g/mol. The number of nitriles is 2. The van der Waals surface area contributed by atoms with Crippen LogP contribution in [0.4, 0.5) is 5.82 Å². The molecule has 138 valence electrons. The van der Waals surface area contributed by atoms with Gasteiger partial charge in [-0.05, 0) is 17.7 Å². The number of carbonyl (C=O) groups excluding carboxylic acids is 1. The number of anilines is 1. The van der Waals surface area contributed by atoms with Gasteiger partial charge in [0.25, 0.3) is 0 Å². The molecule has 0 saturated carbocycles. The lowest BCUT2D eigenvalue weighted by atomic mass is 9.96. The van der Waals surface area contributed by atoms with Gasteiger partial charge in [0.2, 0.25) is 11.7 Å². The molecule has 0 fully saturated rings. The lowest BCUT2D eigenvalue weighted by molar-refractivity contribution is -0.115. The fraction of sp³-hybridized carbons (Fsp3) is 0.176. The first-order valence-electron chi connectivity index (χ1n) is 7.38. The highest BCUT2D eigenvalue weighted by molar-refractivity contribution is 8.00. The van der Waals surface area contributed by atoms with E-state index in [4.69, 9.17) is 20.9 Å². The van der Waals surface area contributed by atoms with E-state index < -0.39 is 5.91 Å². The molecule has 0 aliphatic heterocycles. The van der Waals surface area contributed by atoms with Crippen molar-refractivity contribution >= 4 is 23.5 Å². The Bertz CT molecular complexity index is 995. The van der Waals surface area contributed by atoms with Crippen molar-refractivity contribution in [1.29, 1.82) is 10.5 Å². The quantitative estimate of drug-likeness (QED) is 0.622. The number of primary amides is 1. The maximum absolute atomic E-state index is 11.1. The number of hydrogen-bond donors (Lipinski definition) is 3. The molecule has 0 bridgehead atoms. The standard InChI is InChI=1S/C17H15N5O4S/c1-25-12-4-8(3-11(23)15(12)26-2)14-9(5-18)16(21)22-17(10(14)6-19)27-7-13(20)24/h3-4,23H,7H2,1-2H3,(H2,20,24)(H2,21,22). The summed E-state index contributed by atoms with van der Waals surface area (Å²) in [6.07, 6.45) is 0. The number of rotatable bonds is 6. The number of carbonyl (C=O) groups is 1. The number of nitrogens with zero attached hydrogens (tertiary/aromatic N) is 3. The molecule has 27 heavy (non-hydrogen) atoms. The summed E-state index contributed by atoms with van der Waals surface area (Å²) in [7, 11) is 2.74. The van der Waals surface area contributed by atoms with Crippen LogP contribution < -0.4 is 20.9 Å². The summed E-state index contributed by atoms with van der Waals surface area (Å²) in [5, 5.41) is 29.5. The third-order valence-electron chi connectivity index (χ3n) is 3.51. The molecule has 1 amide bonds. The number of nitrogens with two attached hydrogens (primary N) is 2. The Morgan fingerprint density at radius 1 is 1.26 bits per heavy atom. The molecule has 0 saturated heterocycles. The molecule has 2 rings (SSSR count). The minimum Gasteiger partial charge on any atom is -0.504 e. The van der Waals surface area contributed by atoms with Gasteiger partial charge in [-0.2, -0.15) is 10.5 Å². The Morgan fingerprint density at radius 2 is 1.93 bits per heavy atom. The minimum absolute atomic E-state index is 0.0265. The van der Waals surface area contributed by atoms with Crippen molar-refractivity contribution in [1.82, 2.24) is 4.98 Å². The van der Waals surface area contributed by atoms with Gasteiger partial charge >= 0.3 is 0 Å². The largest absolute Gasteiger partial charge is 0.504 e. The average molecular weight is 385 g/mol. The average Bonchev–Trinajstić information content (AvgIpc) is 2.64. The second-order valence-electron chi connectivity index (χ2n) is 5.14. The van der Waals surface area contributed by atoms with E-state index in [0.717, 1.165) is 11.8 Å². The van der Waals surface area contributed by atoms with Crippen LogP contribution in [0.2, 0.25) is 0 Å². The van der Waals surface area contributed by atoms with Crippen LogP contribution in [0, 0.1) is 22.7 Å². The Hall–Kier alpha value is -3.63. The van der Waals surface area contributed by atoms with Crippen molar-refractivity contribution in [3.63, 3.8) is 0 Å². The molecule has 5 N–H and O–H groups in total. The number of benzene rings is 1. The van der Waals surface area contributed by atoms with Gasteiger partial charge in [-0.25, -0.2) is 4.98 Å². The van der Waals surface area contributed by atoms with Crippen molar-refractivity contribution in [3.05, 3.63) is 23.3 Å². The van der Waals surface area contributed by atoms with Crippen LogP contribution in [0.1, 0.15) is 11.1 Å². The summed E-state index contributed by atoms with van der Waals surface area (Å²) in [6, 6.07) is 6.72. The zero-order valence-corrected chi connectivity index (χ0v) is 15.3. The van der Waals surface area contributed by atoms with E-state index in [-0.39, 0.29) is 50.5 Å². The zero-order valence-electron chi connectivity index (χ0n) is 14.4. The highest BCUT2D eigenvalue weighted by Gasteiger charge is 2.23. The number of aromatic nitrogens is 1. The fourth-order valence-corrected chi connectivity index (χ4v) is 3.15. The van der Waals surface area contributed by atoms with E-state index in [9.17, 15) is 20.4 Å². The predicted octanol–water partition coefficient (Wildman–Crippen LogP) is 1.37. The van der Waals surface area contributed by atoms with Gasteiger partial charge in [0.05, 0.1) is 25.5 Å². The van der Waals surface area contributed by atoms with Crippen LogP contribution in [0.5, 0.6) is 17.2 Å². The van der Waals surface area contributed by atoms with Gasteiger partial charge in [-0.15, -0.1) is 0 Å². The maximum Gasteiger partial charge on any atom is 0.227 e. The summed E-state index contributed by atoms with van der Waals surface area (Å²) in [6.45, 7) is 0. The molecule has 0 spiro atoms.